The molecule has 0 aromatic rings. The molecule has 0 saturated heterocycles. The van der Waals surface area contributed by atoms with Crippen LogP contribution in [-0.2, 0) is 4.79 Å². The van der Waals surface area contributed by atoms with Gasteiger partial charge in [-0.3, -0.25) is 0 Å². The molecule has 0 spiro atoms. The van der Waals surface area contributed by atoms with E-state index in [1.165, 1.54) is 109 Å². The Hall–Kier alpha value is -0.620. The van der Waals surface area contributed by atoms with Crippen molar-refractivity contribution in [3.63, 3.8) is 0 Å². The van der Waals surface area contributed by atoms with Crippen LogP contribution in [0.15, 0.2) is 4.99 Å². The summed E-state index contributed by atoms with van der Waals surface area (Å²) in [5, 5.41) is 0. The van der Waals surface area contributed by atoms with Gasteiger partial charge in [-0.1, -0.05) is 103 Å². The Bertz CT molecular complexity index is 327. The summed E-state index contributed by atoms with van der Waals surface area (Å²) in [6, 6.07) is 0.282. The van der Waals surface area contributed by atoms with Gasteiger partial charge in [-0.2, -0.15) is 0 Å². The maximum Gasteiger partial charge on any atom is 0.235 e. The summed E-state index contributed by atoms with van der Waals surface area (Å²) < 4.78 is 0. The largest absolute Gasteiger partial charge is 0.235 e. The Labute approximate surface area is 157 Å². The molecule has 0 N–H and O–H groups in total. The van der Waals surface area contributed by atoms with Gasteiger partial charge in [0.25, 0.3) is 0 Å². The molecule has 146 valence electrons. The van der Waals surface area contributed by atoms with Crippen LogP contribution in [0, 0.1) is 5.92 Å². The molecule has 1 aliphatic rings. The van der Waals surface area contributed by atoms with Crippen molar-refractivity contribution in [2.75, 3.05) is 0 Å². The van der Waals surface area contributed by atoms with Crippen molar-refractivity contribution in [1.29, 1.82) is 0 Å². The zero-order valence-corrected chi connectivity index (χ0v) is 16.9. The third kappa shape index (κ3) is 13.3. The molecule has 2 heteroatoms. The first kappa shape index (κ1) is 22.4. The summed E-state index contributed by atoms with van der Waals surface area (Å²) in [6.45, 7) is 2.29. The number of unbranched alkanes of at least 4 members (excludes halogenated alkanes) is 13. The van der Waals surface area contributed by atoms with Crippen LogP contribution in [0.2, 0.25) is 0 Å². The van der Waals surface area contributed by atoms with Gasteiger partial charge < -0.3 is 0 Å². The third-order valence-corrected chi connectivity index (χ3v) is 6.02. The summed E-state index contributed by atoms with van der Waals surface area (Å²) in [6.07, 6.45) is 28.0. The molecule has 0 unspecified atom stereocenters. The average Bonchev–Trinajstić information content (AvgIpc) is 2.63. The second-order valence-electron chi connectivity index (χ2n) is 8.28. The molecule has 0 aromatic heterocycles. The van der Waals surface area contributed by atoms with Crippen molar-refractivity contribution in [1.82, 2.24) is 0 Å². The number of carbonyl (C=O) groups excluding carboxylic acids is 1. The van der Waals surface area contributed by atoms with Gasteiger partial charge in [-0.05, 0) is 31.6 Å². The van der Waals surface area contributed by atoms with Gasteiger partial charge in [0, 0.05) is 0 Å². The molecule has 25 heavy (non-hydrogen) atoms. The van der Waals surface area contributed by atoms with Crippen LogP contribution in [-0.4, -0.2) is 12.1 Å². The monoisotopic (exact) mass is 349 g/mol. The van der Waals surface area contributed by atoms with Gasteiger partial charge in [-0.25, -0.2) is 9.79 Å². The molecule has 1 rings (SSSR count). The van der Waals surface area contributed by atoms with Gasteiger partial charge in [0.05, 0.1) is 6.04 Å². The number of hydrogen-bond donors (Lipinski definition) is 0. The smallest absolute Gasteiger partial charge is 0.211 e. The van der Waals surface area contributed by atoms with Crippen LogP contribution in [0.5, 0.6) is 0 Å². The lowest BCUT2D eigenvalue weighted by atomic mass is 9.83. The molecule has 0 heterocycles. The minimum absolute atomic E-state index is 0.282. The van der Waals surface area contributed by atoms with Crippen LogP contribution in [0.3, 0.4) is 0 Å². The summed E-state index contributed by atoms with van der Waals surface area (Å²) in [5.74, 6) is 0.899. The highest BCUT2D eigenvalue weighted by atomic mass is 16.1. The number of rotatable bonds is 16. The molecular weight excluding hydrogens is 306 g/mol. The first-order chi connectivity index (χ1) is 12.4. The Balaban J connectivity index is 1.76. The van der Waals surface area contributed by atoms with E-state index in [4.69, 9.17) is 0 Å². The summed E-state index contributed by atoms with van der Waals surface area (Å²) in [4.78, 5) is 14.2. The van der Waals surface area contributed by atoms with E-state index in [9.17, 15) is 4.79 Å². The predicted molar refractivity (Wildman–Crippen MR) is 109 cm³/mol. The molecule has 0 aliphatic heterocycles. The lowest BCUT2D eigenvalue weighted by molar-refractivity contribution is 0.303. The normalized spacial score (nSPS) is 20.4. The molecule has 0 aromatic carbocycles. The lowest BCUT2D eigenvalue weighted by Gasteiger charge is -2.25. The maximum atomic E-state index is 10.3. The summed E-state index contributed by atoms with van der Waals surface area (Å²) in [5.41, 5.74) is 0. The highest BCUT2D eigenvalue weighted by Gasteiger charge is 2.20. The molecule has 0 amide bonds. The minimum atomic E-state index is 0.282. The van der Waals surface area contributed by atoms with Gasteiger partial charge >= 0.3 is 0 Å². The lowest BCUT2D eigenvalue weighted by Crippen LogP contribution is -2.16. The van der Waals surface area contributed by atoms with E-state index < -0.39 is 0 Å². The molecular formula is C23H43NO. The molecule has 0 atom stereocenters. The van der Waals surface area contributed by atoms with E-state index in [0.717, 1.165) is 18.8 Å². The standard InChI is InChI=1S/C23H43NO/c1-2-3-4-5-6-7-8-9-10-11-12-13-14-15-16-22-17-19-23(20-18-22)24-21-25/h22-23H,2-20H2,1H3. The topological polar surface area (TPSA) is 29.4 Å². The Morgan fingerprint density at radius 1 is 0.680 bits per heavy atom. The first-order valence-corrected chi connectivity index (χ1v) is 11.4. The van der Waals surface area contributed by atoms with Gasteiger partial charge in [0.2, 0.25) is 6.08 Å². The van der Waals surface area contributed by atoms with E-state index in [0.29, 0.717) is 0 Å². The quantitative estimate of drug-likeness (QED) is 0.159. The summed E-state index contributed by atoms with van der Waals surface area (Å²) in [7, 11) is 0. The first-order valence-electron chi connectivity index (χ1n) is 11.4. The van der Waals surface area contributed by atoms with Crippen molar-refractivity contribution in [2.45, 2.75) is 135 Å². The van der Waals surface area contributed by atoms with Crippen molar-refractivity contribution < 1.29 is 4.79 Å². The zero-order chi connectivity index (χ0) is 18.0. The predicted octanol–water partition coefficient (Wildman–Crippen LogP) is 7.75. The highest BCUT2D eigenvalue weighted by Crippen LogP contribution is 2.29. The molecule has 0 bridgehead atoms. The second-order valence-corrected chi connectivity index (χ2v) is 8.28. The van der Waals surface area contributed by atoms with Gasteiger partial charge in [0.1, 0.15) is 0 Å². The number of hydrogen-bond acceptors (Lipinski definition) is 2. The van der Waals surface area contributed by atoms with E-state index in [1.54, 1.807) is 6.08 Å². The molecule has 2 nitrogen and oxygen atoms in total. The number of nitrogens with zero attached hydrogens (tertiary/aromatic N) is 1. The molecule has 1 fully saturated rings. The van der Waals surface area contributed by atoms with Crippen molar-refractivity contribution in [3.8, 4) is 0 Å². The SMILES string of the molecule is CCCCCCCCCCCCCCCCC1CCC(N=C=O)CC1. The van der Waals surface area contributed by atoms with E-state index >= 15 is 0 Å². The average molecular weight is 350 g/mol. The molecule has 0 radical (unpaired) electrons. The van der Waals surface area contributed by atoms with Gasteiger partial charge in [-0.15, -0.1) is 0 Å². The fraction of sp³-hybridized carbons (Fsp3) is 0.957. The van der Waals surface area contributed by atoms with E-state index in [2.05, 4.69) is 11.9 Å². The Kier molecular flexibility index (Phi) is 15.1. The van der Waals surface area contributed by atoms with Crippen molar-refractivity contribution in [2.24, 2.45) is 10.9 Å². The number of isocyanates is 1. The van der Waals surface area contributed by atoms with E-state index in [1.807, 2.05) is 0 Å². The molecule has 1 aliphatic carbocycles. The fourth-order valence-corrected chi connectivity index (χ4v) is 4.26. The van der Waals surface area contributed by atoms with Crippen LogP contribution in [0.1, 0.15) is 129 Å². The highest BCUT2D eigenvalue weighted by molar-refractivity contribution is 5.33. The Morgan fingerprint density at radius 3 is 1.56 bits per heavy atom. The van der Waals surface area contributed by atoms with Crippen LogP contribution in [0.4, 0.5) is 0 Å². The maximum absolute atomic E-state index is 10.3. The zero-order valence-electron chi connectivity index (χ0n) is 16.9. The van der Waals surface area contributed by atoms with Crippen molar-refractivity contribution in [3.05, 3.63) is 0 Å². The Morgan fingerprint density at radius 2 is 1.12 bits per heavy atom. The van der Waals surface area contributed by atoms with E-state index in [-0.39, 0.29) is 6.04 Å². The van der Waals surface area contributed by atoms with Crippen LogP contribution in [0.25, 0.3) is 0 Å². The molecule has 1 saturated carbocycles. The third-order valence-electron chi connectivity index (χ3n) is 6.02. The van der Waals surface area contributed by atoms with Crippen LogP contribution >= 0.6 is 0 Å². The fourth-order valence-electron chi connectivity index (χ4n) is 4.26. The second kappa shape index (κ2) is 16.8. The van der Waals surface area contributed by atoms with Crippen molar-refractivity contribution >= 4 is 6.08 Å². The summed E-state index contributed by atoms with van der Waals surface area (Å²) >= 11 is 0. The number of aliphatic imine (C=N–C) groups is 1. The van der Waals surface area contributed by atoms with Gasteiger partial charge in [0.15, 0.2) is 0 Å². The minimum Gasteiger partial charge on any atom is -0.211 e. The van der Waals surface area contributed by atoms with Crippen LogP contribution < -0.4 is 0 Å².